The summed E-state index contributed by atoms with van der Waals surface area (Å²) >= 11 is 0. The second-order valence-corrected chi connectivity index (χ2v) is 5.06. The smallest absolute Gasteiger partial charge is 0.315 e. The maximum Gasteiger partial charge on any atom is 0.315 e. The van der Waals surface area contributed by atoms with E-state index in [-0.39, 0.29) is 0 Å². The lowest BCUT2D eigenvalue weighted by atomic mass is 10.2. The molecule has 0 bridgehead atoms. The van der Waals surface area contributed by atoms with Gasteiger partial charge in [-0.05, 0) is 11.8 Å². The van der Waals surface area contributed by atoms with Crippen molar-refractivity contribution >= 4 is 6.01 Å². The van der Waals surface area contributed by atoms with Crippen molar-refractivity contribution in [3.8, 4) is 0 Å². The summed E-state index contributed by atoms with van der Waals surface area (Å²) in [5.74, 6) is 0.599. The Hall–Kier alpha value is -1.14. The lowest BCUT2D eigenvalue weighted by Crippen LogP contribution is -2.18. The molecule has 1 saturated carbocycles. The number of ether oxygens (including phenoxy) is 1. The Labute approximate surface area is 101 Å². The van der Waals surface area contributed by atoms with Crippen molar-refractivity contribution in [3.63, 3.8) is 0 Å². The third-order valence-corrected chi connectivity index (χ3v) is 3.04. The third kappa shape index (κ3) is 3.41. The molecule has 1 fully saturated rings. The Morgan fingerprint density at radius 1 is 1.47 bits per heavy atom. The van der Waals surface area contributed by atoms with Gasteiger partial charge < -0.3 is 19.8 Å². The standard InChI is InChI=1S/C11H20N4O2/c1-11(2)6-8(11)13-10-15-14-9(17-10)7-12-4-5-16-3/h8,12H,4-7H2,1-3H3,(H,13,15). The van der Waals surface area contributed by atoms with Crippen LogP contribution in [-0.2, 0) is 11.3 Å². The minimum atomic E-state index is 0.353. The molecule has 1 aliphatic carbocycles. The van der Waals surface area contributed by atoms with Crippen LogP contribution in [0.4, 0.5) is 6.01 Å². The van der Waals surface area contributed by atoms with E-state index in [0.717, 1.165) is 13.0 Å². The van der Waals surface area contributed by atoms with Crippen LogP contribution in [-0.4, -0.2) is 36.5 Å². The summed E-state index contributed by atoms with van der Waals surface area (Å²) < 4.78 is 10.4. The van der Waals surface area contributed by atoms with E-state index in [9.17, 15) is 0 Å². The van der Waals surface area contributed by atoms with Gasteiger partial charge in [-0.1, -0.05) is 18.9 Å². The van der Waals surface area contributed by atoms with Gasteiger partial charge in [0.15, 0.2) is 0 Å². The van der Waals surface area contributed by atoms with E-state index in [1.165, 1.54) is 0 Å². The molecular formula is C11H20N4O2. The van der Waals surface area contributed by atoms with Gasteiger partial charge >= 0.3 is 6.01 Å². The van der Waals surface area contributed by atoms with Crippen LogP contribution in [0.3, 0.4) is 0 Å². The van der Waals surface area contributed by atoms with Gasteiger partial charge in [0.25, 0.3) is 0 Å². The predicted molar refractivity (Wildman–Crippen MR) is 63.7 cm³/mol. The number of hydrogen-bond donors (Lipinski definition) is 2. The van der Waals surface area contributed by atoms with Crippen LogP contribution in [0, 0.1) is 5.41 Å². The molecule has 1 aromatic heterocycles. The highest BCUT2D eigenvalue weighted by atomic mass is 16.5. The number of hydrogen-bond acceptors (Lipinski definition) is 6. The number of nitrogens with zero attached hydrogens (tertiary/aromatic N) is 2. The summed E-state index contributed by atoms with van der Waals surface area (Å²) in [6, 6.07) is 0.973. The van der Waals surface area contributed by atoms with E-state index < -0.39 is 0 Å². The summed E-state index contributed by atoms with van der Waals surface area (Å²) in [7, 11) is 1.67. The Morgan fingerprint density at radius 3 is 2.88 bits per heavy atom. The first-order valence-electron chi connectivity index (χ1n) is 5.90. The fraction of sp³-hybridized carbons (Fsp3) is 0.818. The second kappa shape index (κ2) is 5.01. The van der Waals surface area contributed by atoms with Gasteiger partial charge in [-0.15, -0.1) is 5.10 Å². The number of methoxy groups -OCH3 is 1. The molecule has 1 atom stereocenters. The average molecular weight is 240 g/mol. The fourth-order valence-corrected chi connectivity index (χ4v) is 1.62. The van der Waals surface area contributed by atoms with Crippen LogP contribution >= 0.6 is 0 Å². The highest BCUT2D eigenvalue weighted by molar-refractivity contribution is 5.26. The zero-order valence-corrected chi connectivity index (χ0v) is 10.6. The highest BCUT2D eigenvalue weighted by Crippen LogP contribution is 2.46. The number of aromatic nitrogens is 2. The lowest BCUT2D eigenvalue weighted by Gasteiger charge is -2.02. The van der Waals surface area contributed by atoms with Crippen molar-refractivity contribution in [3.05, 3.63) is 5.89 Å². The van der Waals surface area contributed by atoms with E-state index in [4.69, 9.17) is 9.15 Å². The minimum Gasteiger partial charge on any atom is -0.407 e. The van der Waals surface area contributed by atoms with Crippen molar-refractivity contribution in [1.82, 2.24) is 15.5 Å². The van der Waals surface area contributed by atoms with Gasteiger partial charge in [-0.25, -0.2) is 0 Å². The van der Waals surface area contributed by atoms with Crippen LogP contribution in [0.5, 0.6) is 0 Å². The van der Waals surface area contributed by atoms with Gasteiger partial charge in [-0.2, -0.15) is 0 Å². The zero-order valence-electron chi connectivity index (χ0n) is 10.6. The number of rotatable bonds is 7. The van der Waals surface area contributed by atoms with Crippen molar-refractivity contribution in [2.45, 2.75) is 32.9 Å². The van der Waals surface area contributed by atoms with E-state index >= 15 is 0 Å². The summed E-state index contributed by atoms with van der Waals surface area (Å²) in [5, 5.41) is 14.3. The number of nitrogens with one attached hydrogen (secondary N) is 2. The number of anilines is 1. The van der Waals surface area contributed by atoms with Crippen LogP contribution in [0.2, 0.25) is 0 Å². The van der Waals surface area contributed by atoms with Crippen molar-refractivity contribution in [2.75, 3.05) is 25.6 Å². The summed E-state index contributed by atoms with van der Waals surface area (Å²) in [6.45, 7) is 6.46. The normalized spacial score (nSPS) is 21.5. The van der Waals surface area contributed by atoms with Crippen LogP contribution < -0.4 is 10.6 Å². The molecular weight excluding hydrogens is 220 g/mol. The monoisotopic (exact) mass is 240 g/mol. The summed E-state index contributed by atoms with van der Waals surface area (Å²) in [4.78, 5) is 0. The zero-order chi connectivity index (χ0) is 12.3. The summed E-state index contributed by atoms with van der Waals surface area (Å²) in [5.41, 5.74) is 0.353. The first kappa shape index (κ1) is 12.3. The maximum atomic E-state index is 5.47. The van der Waals surface area contributed by atoms with Gasteiger partial charge in [0.1, 0.15) is 0 Å². The first-order valence-corrected chi connectivity index (χ1v) is 5.90. The average Bonchev–Trinajstić information content (AvgIpc) is 2.71. The Bertz CT molecular complexity index is 364. The third-order valence-electron chi connectivity index (χ3n) is 3.04. The van der Waals surface area contributed by atoms with Crippen LogP contribution in [0.15, 0.2) is 4.42 Å². The Kier molecular flexibility index (Phi) is 3.63. The van der Waals surface area contributed by atoms with Crippen LogP contribution in [0.25, 0.3) is 0 Å². The fourth-order valence-electron chi connectivity index (χ4n) is 1.62. The minimum absolute atomic E-state index is 0.353. The molecule has 6 heteroatoms. The SMILES string of the molecule is COCCNCc1nnc(NC2CC2(C)C)o1. The Morgan fingerprint density at radius 2 is 2.24 bits per heavy atom. The van der Waals surface area contributed by atoms with Gasteiger partial charge in [-0.3, -0.25) is 0 Å². The van der Waals surface area contributed by atoms with E-state index in [2.05, 4.69) is 34.7 Å². The predicted octanol–water partition coefficient (Wildman–Crippen LogP) is 1.02. The summed E-state index contributed by atoms with van der Waals surface area (Å²) in [6.07, 6.45) is 1.15. The maximum absolute atomic E-state index is 5.47. The molecule has 1 heterocycles. The van der Waals surface area contributed by atoms with E-state index in [0.29, 0.717) is 36.5 Å². The molecule has 1 unspecified atom stereocenters. The molecule has 17 heavy (non-hydrogen) atoms. The highest BCUT2D eigenvalue weighted by Gasteiger charge is 2.46. The lowest BCUT2D eigenvalue weighted by molar-refractivity contribution is 0.198. The van der Waals surface area contributed by atoms with E-state index in [1.807, 2.05) is 0 Å². The van der Waals surface area contributed by atoms with Gasteiger partial charge in [0.05, 0.1) is 13.2 Å². The molecule has 0 amide bonds. The molecule has 2 rings (SSSR count). The van der Waals surface area contributed by atoms with E-state index in [1.54, 1.807) is 7.11 Å². The van der Waals surface area contributed by atoms with Crippen molar-refractivity contribution in [1.29, 1.82) is 0 Å². The van der Waals surface area contributed by atoms with Crippen LogP contribution in [0.1, 0.15) is 26.2 Å². The molecule has 96 valence electrons. The Balaban J connectivity index is 1.72. The molecule has 1 aliphatic rings. The van der Waals surface area contributed by atoms with Crippen molar-refractivity contribution in [2.24, 2.45) is 5.41 Å². The largest absolute Gasteiger partial charge is 0.407 e. The first-order chi connectivity index (χ1) is 8.12. The molecule has 0 saturated heterocycles. The van der Waals surface area contributed by atoms with Gasteiger partial charge in [0.2, 0.25) is 5.89 Å². The second-order valence-electron chi connectivity index (χ2n) is 5.06. The molecule has 6 nitrogen and oxygen atoms in total. The molecule has 0 aliphatic heterocycles. The topological polar surface area (TPSA) is 72.2 Å². The molecule has 2 N–H and O–H groups in total. The molecule has 1 aromatic rings. The van der Waals surface area contributed by atoms with Gasteiger partial charge in [0, 0.05) is 19.7 Å². The molecule has 0 aromatic carbocycles. The van der Waals surface area contributed by atoms with Crippen molar-refractivity contribution < 1.29 is 9.15 Å². The molecule has 0 spiro atoms. The quantitative estimate of drug-likeness (QED) is 0.693. The molecule has 0 radical (unpaired) electrons.